The Balaban J connectivity index is 1.71. The average Bonchev–Trinajstić information content (AvgIpc) is 2.53. The zero-order valence-corrected chi connectivity index (χ0v) is 8.46. The van der Waals surface area contributed by atoms with Crippen LogP contribution in [0.1, 0.15) is 12.8 Å². The van der Waals surface area contributed by atoms with Crippen LogP contribution in [0.5, 0.6) is 0 Å². The molecule has 2 heterocycles. The number of morpholine rings is 1. The van der Waals surface area contributed by atoms with E-state index < -0.39 is 0 Å². The van der Waals surface area contributed by atoms with Gasteiger partial charge in [0.15, 0.2) is 0 Å². The molecule has 2 aliphatic heterocycles. The first-order valence-corrected chi connectivity index (χ1v) is 5.35. The number of rotatable bonds is 2. The summed E-state index contributed by atoms with van der Waals surface area (Å²) < 4.78 is 5.69. The molecule has 0 saturated carbocycles. The first-order valence-electron chi connectivity index (χ1n) is 5.35. The molecule has 2 rings (SSSR count). The lowest BCUT2D eigenvalue weighted by molar-refractivity contribution is 0.0144. The summed E-state index contributed by atoms with van der Waals surface area (Å²) in [6.45, 7) is 5.51. The SMILES string of the molecule is CN1CCC(CC2CNCCO2)C1. The maximum atomic E-state index is 5.69. The molecule has 0 spiro atoms. The molecule has 2 unspecified atom stereocenters. The third kappa shape index (κ3) is 2.66. The van der Waals surface area contributed by atoms with Crippen molar-refractivity contribution in [3.8, 4) is 0 Å². The van der Waals surface area contributed by atoms with Crippen LogP contribution in [0.2, 0.25) is 0 Å². The number of likely N-dealkylation sites (tertiary alicyclic amines) is 1. The molecule has 0 aromatic heterocycles. The second-order valence-corrected chi connectivity index (χ2v) is 4.35. The van der Waals surface area contributed by atoms with Gasteiger partial charge in [-0.15, -0.1) is 0 Å². The topological polar surface area (TPSA) is 24.5 Å². The van der Waals surface area contributed by atoms with E-state index in [0.717, 1.165) is 25.6 Å². The molecule has 2 aliphatic rings. The fraction of sp³-hybridized carbons (Fsp3) is 1.00. The summed E-state index contributed by atoms with van der Waals surface area (Å²) in [7, 11) is 2.21. The lowest BCUT2D eigenvalue weighted by atomic mass is 10.0. The number of hydrogen-bond acceptors (Lipinski definition) is 3. The minimum absolute atomic E-state index is 0.477. The Morgan fingerprint density at radius 1 is 1.54 bits per heavy atom. The Hall–Kier alpha value is -0.120. The number of ether oxygens (including phenoxy) is 1. The molecular weight excluding hydrogens is 164 g/mol. The molecule has 0 aromatic carbocycles. The van der Waals surface area contributed by atoms with Crippen LogP contribution >= 0.6 is 0 Å². The van der Waals surface area contributed by atoms with Crippen LogP contribution in [-0.4, -0.2) is 50.8 Å². The molecule has 3 heteroatoms. The van der Waals surface area contributed by atoms with Gasteiger partial charge in [-0.3, -0.25) is 0 Å². The summed E-state index contributed by atoms with van der Waals surface area (Å²) in [6.07, 6.45) is 3.08. The minimum Gasteiger partial charge on any atom is -0.376 e. The van der Waals surface area contributed by atoms with Gasteiger partial charge in [-0.2, -0.15) is 0 Å². The molecule has 2 saturated heterocycles. The lowest BCUT2D eigenvalue weighted by Gasteiger charge is -2.25. The predicted octanol–water partition coefficient (Wildman–Crippen LogP) is 0.317. The first kappa shape index (κ1) is 9.44. The van der Waals surface area contributed by atoms with Gasteiger partial charge in [-0.25, -0.2) is 0 Å². The van der Waals surface area contributed by atoms with Crippen LogP contribution in [0, 0.1) is 5.92 Å². The quantitative estimate of drug-likeness (QED) is 0.669. The van der Waals surface area contributed by atoms with Crippen molar-refractivity contribution in [2.24, 2.45) is 5.92 Å². The van der Waals surface area contributed by atoms with Crippen LogP contribution in [0.3, 0.4) is 0 Å². The van der Waals surface area contributed by atoms with Crippen molar-refractivity contribution in [3.05, 3.63) is 0 Å². The largest absolute Gasteiger partial charge is 0.376 e. The molecule has 3 nitrogen and oxygen atoms in total. The van der Waals surface area contributed by atoms with E-state index in [1.165, 1.54) is 25.9 Å². The van der Waals surface area contributed by atoms with Crippen LogP contribution in [0.4, 0.5) is 0 Å². The molecule has 0 bridgehead atoms. The van der Waals surface area contributed by atoms with Crippen molar-refractivity contribution in [2.75, 3.05) is 39.8 Å². The summed E-state index contributed by atoms with van der Waals surface area (Å²) in [6, 6.07) is 0. The maximum absolute atomic E-state index is 5.69. The summed E-state index contributed by atoms with van der Waals surface area (Å²) in [5.41, 5.74) is 0. The van der Waals surface area contributed by atoms with Crippen molar-refractivity contribution in [1.82, 2.24) is 10.2 Å². The zero-order valence-electron chi connectivity index (χ0n) is 8.46. The van der Waals surface area contributed by atoms with Crippen LogP contribution in [0.25, 0.3) is 0 Å². The van der Waals surface area contributed by atoms with Gasteiger partial charge in [-0.1, -0.05) is 0 Å². The highest BCUT2D eigenvalue weighted by atomic mass is 16.5. The fourth-order valence-electron chi connectivity index (χ4n) is 2.36. The van der Waals surface area contributed by atoms with E-state index in [4.69, 9.17) is 4.74 Å². The standard InChI is InChI=1S/C10H20N2O/c1-12-4-2-9(8-12)6-10-7-11-3-5-13-10/h9-11H,2-8H2,1H3. The monoisotopic (exact) mass is 184 g/mol. The minimum atomic E-state index is 0.477. The molecular formula is C10H20N2O. The van der Waals surface area contributed by atoms with Crippen LogP contribution in [-0.2, 0) is 4.74 Å². The Morgan fingerprint density at radius 3 is 3.08 bits per heavy atom. The second-order valence-electron chi connectivity index (χ2n) is 4.35. The number of hydrogen-bond donors (Lipinski definition) is 1. The zero-order chi connectivity index (χ0) is 9.10. The van der Waals surface area contributed by atoms with Gasteiger partial charge >= 0.3 is 0 Å². The van der Waals surface area contributed by atoms with Gasteiger partial charge in [0.25, 0.3) is 0 Å². The molecule has 1 N–H and O–H groups in total. The Labute approximate surface area is 80.4 Å². The molecule has 0 amide bonds. The van der Waals surface area contributed by atoms with Crippen molar-refractivity contribution in [2.45, 2.75) is 18.9 Å². The maximum Gasteiger partial charge on any atom is 0.0703 e. The number of nitrogens with zero attached hydrogens (tertiary/aromatic N) is 1. The number of nitrogens with one attached hydrogen (secondary N) is 1. The Bertz CT molecular complexity index is 154. The van der Waals surface area contributed by atoms with E-state index in [9.17, 15) is 0 Å². The van der Waals surface area contributed by atoms with Gasteiger partial charge in [-0.05, 0) is 32.4 Å². The third-order valence-corrected chi connectivity index (χ3v) is 3.09. The van der Waals surface area contributed by atoms with Gasteiger partial charge in [0.05, 0.1) is 12.7 Å². The first-order chi connectivity index (χ1) is 6.34. The molecule has 2 atom stereocenters. The summed E-state index contributed by atoms with van der Waals surface area (Å²) >= 11 is 0. The molecule has 0 aliphatic carbocycles. The van der Waals surface area contributed by atoms with E-state index in [1.807, 2.05) is 0 Å². The molecule has 13 heavy (non-hydrogen) atoms. The lowest BCUT2D eigenvalue weighted by Crippen LogP contribution is -2.39. The molecule has 0 radical (unpaired) electrons. The van der Waals surface area contributed by atoms with E-state index in [-0.39, 0.29) is 0 Å². The molecule has 0 aromatic rings. The van der Waals surface area contributed by atoms with Crippen molar-refractivity contribution in [1.29, 1.82) is 0 Å². The Morgan fingerprint density at radius 2 is 2.46 bits per heavy atom. The smallest absolute Gasteiger partial charge is 0.0703 e. The fourth-order valence-corrected chi connectivity index (χ4v) is 2.36. The normalized spacial score (nSPS) is 36.7. The Kier molecular flexibility index (Phi) is 3.19. The van der Waals surface area contributed by atoms with E-state index >= 15 is 0 Å². The van der Waals surface area contributed by atoms with Gasteiger partial charge in [0.1, 0.15) is 0 Å². The van der Waals surface area contributed by atoms with Crippen molar-refractivity contribution in [3.63, 3.8) is 0 Å². The van der Waals surface area contributed by atoms with Crippen LogP contribution < -0.4 is 5.32 Å². The average molecular weight is 184 g/mol. The van der Waals surface area contributed by atoms with E-state index in [0.29, 0.717) is 6.10 Å². The summed E-state index contributed by atoms with van der Waals surface area (Å²) in [5.74, 6) is 0.870. The molecule has 2 fully saturated rings. The van der Waals surface area contributed by atoms with Crippen molar-refractivity contribution >= 4 is 0 Å². The van der Waals surface area contributed by atoms with Crippen LogP contribution in [0.15, 0.2) is 0 Å². The predicted molar refractivity (Wildman–Crippen MR) is 52.8 cm³/mol. The van der Waals surface area contributed by atoms with Gasteiger partial charge in [0.2, 0.25) is 0 Å². The highest BCUT2D eigenvalue weighted by Gasteiger charge is 2.24. The van der Waals surface area contributed by atoms with Gasteiger partial charge < -0.3 is 15.0 Å². The molecule has 76 valence electrons. The van der Waals surface area contributed by atoms with E-state index in [2.05, 4.69) is 17.3 Å². The summed E-state index contributed by atoms with van der Waals surface area (Å²) in [4.78, 5) is 2.42. The van der Waals surface area contributed by atoms with Crippen molar-refractivity contribution < 1.29 is 4.74 Å². The van der Waals surface area contributed by atoms with E-state index in [1.54, 1.807) is 0 Å². The third-order valence-electron chi connectivity index (χ3n) is 3.09. The highest BCUT2D eigenvalue weighted by molar-refractivity contribution is 4.78. The highest BCUT2D eigenvalue weighted by Crippen LogP contribution is 2.21. The summed E-state index contributed by atoms with van der Waals surface area (Å²) in [5, 5.41) is 3.38. The second kappa shape index (κ2) is 4.40. The van der Waals surface area contributed by atoms with Gasteiger partial charge in [0, 0.05) is 19.6 Å².